The number of nitrogen functional groups attached to an aromatic ring is 1. The van der Waals surface area contributed by atoms with Crippen LogP contribution in [0, 0.1) is 11.3 Å². The highest BCUT2D eigenvalue weighted by Crippen LogP contribution is 2.46. The van der Waals surface area contributed by atoms with Crippen LogP contribution in [0.15, 0.2) is 36.4 Å². The summed E-state index contributed by atoms with van der Waals surface area (Å²) in [6.45, 7) is 3.85. The summed E-state index contributed by atoms with van der Waals surface area (Å²) in [7, 11) is 3.11. The number of hydrogen-bond donors (Lipinski definition) is 4. The maximum absolute atomic E-state index is 12.8. The first-order chi connectivity index (χ1) is 17.8. The zero-order valence-corrected chi connectivity index (χ0v) is 21.5. The Labute approximate surface area is 216 Å². The van der Waals surface area contributed by atoms with Crippen molar-refractivity contribution >= 4 is 35.4 Å². The third kappa shape index (κ3) is 5.47. The average molecular weight is 504 g/mol. The highest BCUT2D eigenvalue weighted by Gasteiger charge is 2.30. The van der Waals surface area contributed by atoms with Gasteiger partial charge in [-0.2, -0.15) is 4.98 Å². The lowest BCUT2D eigenvalue weighted by Crippen LogP contribution is -2.45. The smallest absolute Gasteiger partial charge is 0.328 e. The van der Waals surface area contributed by atoms with E-state index in [-0.39, 0.29) is 11.8 Å². The van der Waals surface area contributed by atoms with Crippen molar-refractivity contribution in [3.05, 3.63) is 53.1 Å². The predicted octanol–water partition coefficient (Wildman–Crippen LogP) is 4.00. The first-order valence-electron chi connectivity index (χ1n) is 12.4. The molecule has 1 aliphatic carbocycles. The summed E-state index contributed by atoms with van der Waals surface area (Å²) in [4.78, 5) is 29.6. The fourth-order valence-corrected chi connectivity index (χ4v) is 4.26. The molecule has 10 heteroatoms. The zero-order chi connectivity index (χ0) is 26.7. The number of anilines is 3. The Bertz CT molecular complexity index is 1310. The second-order valence-corrected chi connectivity index (χ2v) is 9.39. The van der Waals surface area contributed by atoms with Crippen molar-refractivity contribution in [1.29, 1.82) is 5.41 Å². The third-order valence-electron chi connectivity index (χ3n) is 6.82. The van der Waals surface area contributed by atoms with Gasteiger partial charge in [0, 0.05) is 41.3 Å². The molecule has 1 aliphatic rings. The molecule has 2 atom stereocenters. The number of aromatic nitrogens is 3. The van der Waals surface area contributed by atoms with E-state index < -0.39 is 12.0 Å². The molecule has 10 nitrogen and oxygen atoms in total. The number of nitrogens with one attached hydrogen (secondary N) is 3. The van der Waals surface area contributed by atoms with E-state index in [2.05, 4.69) is 20.7 Å². The van der Waals surface area contributed by atoms with Crippen molar-refractivity contribution in [2.45, 2.75) is 45.1 Å². The molecule has 0 radical (unpaired) electrons. The van der Waals surface area contributed by atoms with Gasteiger partial charge in [-0.3, -0.25) is 4.79 Å². The van der Waals surface area contributed by atoms with Gasteiger partial charge in [-0.15, -0.1) is 5.10 Å². The van der Waals surface area contributed by atoms with Gasteiger partial charge in [0.15, 0.2) is 5.82 Å². The molecule has 0 bridgehead atoms. The first-order valence-corrected chi connectivity index (χ1v) is 12.4. The lowest BCUT2D eigenvalue weighted by molar-refractivity contribution is -0.144. The van der Waals surface area contributed by atoms with Crippen LogP contribution < -0.4 is 16.4 Å². The van der Waals surface area contributed by atoms with Crippen molar-refractivity contribution in [2.75, 3.05) is 18.2 Å². The maximum atomic E-state index is 12.8. The van der Waals surface area contributed by atoms with Crippen molar-refractivity contribution in [3.63, 3.8) is 0 Å². The molecule has 1 aromatic heterocycles. The van der Waals surface area contributed by atoms with E-state index in [0.29, 0.717) is 28.9 Å². The van der Waals surface area contributed by atoms with Gasteiger partial charge in [0.25, 0.3) is 5.91 Å². The summed E-state index contributed by atoms with van der Waals surface area (Å²) < 4.78 is 6.50. The van der Waals surface area contributed by atoms with Crippen molar-refractivity contribution in [1.82, 2.24) is 20.1 Å². The standard InChI is InChI=1S/C27H33N7O3/c1-5-15(2)23(26(36)37-4)31-25(35)18-10-8-17(9-11-18)24-32-27(34(3)33-24)30-21-13-12-20(29)19(14-28)22(21)16-6-7-16/h8-16,23,28H,5-7,29H2,1-4H3,(H,31,35)(H,30,32,33)/t15-,23+/m1/s1. The van der Waals surface area contributed by atoms with Gasteiger partial charge >= 0.3 is 5.97 Å². The Morgan fingerprint density at radius 3 is 2.54 bits per heavy atom. The summed E-state index contributed by atoms with van der Waals surface area (Å²) in [5.74, 6) is 0.560. The number of nitrogens with zero attached hydrogens (tertiary/aromatic N) is 3. The molecule has 194 valence electrons. The van der Waals surface area contributed by atoms with Crippen LogP contribution in [0.2, 0.25) is 0 Å². The minimum Gasteiger partial charge on any atom is -0.467 e. The maximum Gasteiger partial charge on any atom is 0.328 e. The molecule has 4 rings (SSSR count). The molecule has 2 aromatic carbocycles. The van der Waals surface area contributed by atoms with Crippen LogP contribution in [-0.4, -0.2) is 46.0 Å². The summed E-state index contributed by atoms with van der Waals surface area (Å²) >= 11 is 0. The van der Waals surface area contributed by atoms with Gasteiger partial charge in [-0.1, -0.05) is 32.4 Å². The van der Waals surface area contributed by atoms with Crippen molar-refractivity contribution < 1.29 is 14.3 Å². The lowest BCUT2D eigenvalue weighted by Gasteiger charge is -2.21. The van der Waals surface area contributed by atoms with Gasteiger partial charge in [0.2, 0.25) is 5.95 Å². The second-order valence-electron chi connectivity index (χ2n) is 9.39. The predicted molar refractivity (Wildman–Crippen MR) is 143 cm³/mol. The number of benzene rings is 2. The van der Waals surface area contributed by atoms with E-state index in [1.54, 1.807) is 42.1 Å². The number of ether oxygens (including phenoxy) is 1. The zero-order valence-electron chi connectivity index (χ0n) is 21.5. The second kappa shape index (κ2) is 10.8. The molecular formula is C27H33N7O3. The van der Waals surface area contributed by atoms with Gasteiger partial charge in [-0.25, -0.2) is 9.48 Å². The van der Waals surface area contributed by atoms with Crippen molar-refractivity contribution in [2.24, 2.45) is 13.0 Å². The normalized spacial score (nSPS) is 14.5. The van der Waals surface area contributed by atoms with Crippen LogP contribution in [0.4, 0.5) is 17.3 Å². The Balaban J connectivity index is 1.52. The molecule has 0 spiro atoms. The van der Waals surface area contributed by atoms with Gasteiger partial charge in [-0.05, 0) is 54.5 Å². The third-order valence-corrected chi connectivity index (χ3v) is 6.82. The minimum atomic E-state index is -0.713. The molecule has 0 saturated heterocycles. The Hall–Kier alpha value is -4.21. The molecule has 1 amide bonds. The number of hydrogen-bond acceptors (Lipinski definition) is 8. The van der Waals surface area contributed by atoms with E-state index in [9.17, 15) is 9.59 Å². The molecule has 3 aromatic rings. The highest BCUT2D eigenvalue weighted by atomic mass is 16.5. The molecule has 1 heterocycles. The fourth-order valence-electron chi connectivity index (χ4n) is 4.26. The van der Waals surface area contributed by atoms with Gasteiger partial charge in [0.1, 0.15) is 6.04 Å². The number of esters is 1. The Morgan fingerprint density at radius 2 is 1.95 bits per heavy atom. The van der Waals surface area contributed by atoms with E-state index >= 15 is 0 Å². The van der Waals surface area contributed by atoms with E-state index in [1.165, 1.54) is 13.3 Å². The van der Waals surface area contributed by atoms with Crippen LogP contribution in [0.25, 0.3) is 11.4 Å². The van der Waals surface area contributed by atoms with Gasteiger partial charge in [0.05, 0.1) is 7.11 Å². The Kier molecular flexibility index (Phi) is 7.56. The highest BCUT2D eigenvalue weighted by molar-refractivity contribution is 5.97. The van der Waals surface area contributed by atoms with E-state index in [0.717, 1.165) is 41.6 Å². The first kappa shape index (κ1) is 25.9. The molecule has 37 heavy (non-hydrogen) atoms. The number of carbonyl (C=O) groups is 2. The van der Waals surface area contributed by atoms with Crippen molar-refractivity contribution in [3.8, 4) is 11.4 Å². The molecule has 5 N–H and O–H groups in total. The minimum absolute atomic E-state index is 0.0594. The van der Waals surface area contributed by atoms with Crippen LogP contribution >= 0.6 is 0 Å². The number of aryl methyl sites for hydroxylation is 1. The topological polar surface area (TPSA) is 148 Å². The molecular weight excluding hydrogens is 470 g/mol. The average Bonchev–Trinajstić information content (AvgIpc) is 3.69. The fraction of sp³-hybridized carbons (Fsp3) is 0.370. The quantitative estimate of drug-likeness (QED) is 0.186. The molecule has 0 unspecified atom stereocenters. The van der Waals surface area contributed by atoms with E-state index in [4.69, 9.17) is 15.9 Å². The number of methoxy groups -OCH3 is 1. The lowest BCUT2D eigenvalue weighted by atomic mass is 9.98. The Morgan fingerprint density at radius 1 is 1.24 bits per heavy atom. The summed E-state index contributed by atoms with van der Waals surface area (Å²) in [6, 6.07) is 9.91. The summed E-state index contributed by atoms with van der Waals surface area (Å²) in [5, 5.41) is 18.5. The SMILES string of the molecule is CC[C@@H](C)[C@H](NC(=O)c1ccc(-c2nc(Nc3ccc(N)c(C=N)c3C3CC3)n(C)n2)cc1)C(=O)OC. The summed E-state index contributed by atoms with van der Waals surface area (Å²) in [5.41, 5.74) is 10.5. The van der Waals surface area contributed by atoms with Crippen LogP contribution in [0.1, 0.15) is 60.5 Å². The van der Waals surface area contributed by atoms with Crippen LogP contribution in [-0.2, 0) is 16.6 Å². The number of nitrogens with two attached hydrogens (primary N) is 1. The van der Waals surface area contributed by atoms with Crippen LogP contribution in [0.3, 0.4) is 0 Å². The molecule has 1 fully saturated rings. The molecule has 1 saturated carbocycles. The monoisotopic (exact) mass is 503 g/mol. The number of rotatable bonds is 10. The largest absolute Gasteiger partial charge is 0.467 e. The molecule has 0 aliphatic heterocycles. The number of carbonyl (C=O) groups excluding carboxylic acids is 2. The summed E-state index contributed by atoms with van der Waals surface area (Å²) in [6.07, 6.45) is 4.17. The number of amides is 1. The van der Waals surface area contributed by atoms with Crippen LogP contribution in [0.5, 0.6) is 0 Å². The van der Waals surface area contributed by atoms with Gasteiger partial charge < -0.3 is 26.5 Å². The van der Waals surface area contributed by atoms with E-state index in [1.807, 2.05) is 19.9 Å².